The second-order valence-corrected chi connectivity index (χ2v) is 6.41. The minimum absolute atomic E-state index is 0.00108. The van der Waals surface area contributed by atoms with Gasteiger partial charge in [-0.25, -0.2) is 15.0 Å². The van der Waals surface area contributed by atoms with E-state index in [1.165, 1.54) is 0 Å². The number of rotatable bonds is 3. The van der Waals surface area contributed by atoms with E-state index in [2.05, 4.69) is 33.7 Å². The quantitative estimate of drug-likeness (QED) is 0.791. The van der Waals surface area contributed by atoms with Crippen molar-refractivity contribution < 1.29 is 4.42 Å². The molecule has 0 spiro atoms. The van der Waals surface area contributed by atoms with Crippen LogP contribution in [0.2, 0.25) is 0 Å². The predicted octanol–water partition coefficient (Wildman–Crippen LogP) is 3.72. The van der Waals surface area contributed by atoms with Gasteiger partial charge in [-0.2, -0.15) is 0 Å². The first kappa shape index (κ1) is 14.9. The number of anilines is 3. The number of aromatic nitrogens is 3. The van der Waals surface area contributed by atoms with Crippen molar-refractivity contribution in [3.63, 3.8) is 0 Å². The highest BCUT2D eigenvalue weighted by Gasteiger charge is 2.43. The maximum absolute atomic E-state index is 6.22. The van der Waals surface area contributed by atoms with Gasteiger partial charge < -0.3 is 15.1 Å². The molecule has 0 fully saturated rings. The van der Waals surface area contributed by atoms with E-state index in [0.717, 1.165) is 47.6 Å². The highest BCUT2D eigenvalue weighted by molar-refractivity contribution is 5.84. The summed E-state index contributed by atoms with van der Waals surface area (Å²) >= 11 is 0. The maximum atomic E-state index is 6.22. The Bertz CT molecular complexity index is 913. The third kappa shape index (κ3) is 1.99. The zero-order valence-electron chi connectivity index (χ0n) is 14.2. The molecule has 0 amide bonds. The molecular formula is C18H21N5O. The van der Waals surface area contributed by atoms with Crippen molar-refractivity contribution in [3.05, 3.63) is 36.1 Å². The van der Waals surface area contributed by atoms with E-state index >= 15 is 0 Å². The van der Waals surface area contributed by atoms with E-state index in [-0.39, 0.29) is 5.41 Å². The Morgan fingerprint density at radius 2 is 2.04 bits per heavy atom. The average molecular weight is 323 g/mol. The minimum atomic E-state index is 0.00108. The molecule has 3 aromatic rings. The van der Waals surface area contributed by atoms with Gasteiger partial charge in [0, 0.05) is 24.6 Å². The Morgan fingerprint density at radius 1 is 1.25 bits per heavy atom. The number of hydrogen-bond acceptors (Lipinski definition) is 6. The highest BCUT2D eigenvalue weighted by atomic mass is 16.3. The molecule has 1 aliphatic heterocycles. The van der Waals surface area contributed by atoms with Gasteiger partial charge in [0.2, 0.25) is 0 Å². The molecule has 24 heavy (non-hydrogen) atoms. The SMILES string of the molecule is CCC1(CC)CN(c2ccc3oc(C)nc3c2)c2c(N)ncnc21. The van der Waals surface area contributed by atoms with Gasteiger partial charge in [-0.15, -0.1) is 0 Å². The number of hydrogen-bond donors (Lipinski definition) is 1. The summed E-state index contributed by atoms with van der Waals surface area (Å²) in [6.45, 7) is 7.12. The Kier molecular flexibility index (Phi) is 3.23. The van der Waals surface area contributed by atoms with Crippen LogP contribution < -0.4 is 10.6 Å². The zero-order valence-corrected chi connectivity index (χ0v) is 14.2. The Hall–Kier alpha value is -2.63. The zero-order chi connectivity index (χ0) is 16.9. The van der Waals surface area contributed by atoms with Crippen LogP contribution in [-0.4, -0.2) is 21.5 Å². The first-order chi connectivity index (χ1) is 11.6. The summed E-state index contributed by atoms with van der Waals surface area (Å²) in [4.78, 5) is 15.5. The van der Waals surface area contributed by atoms with Crippen LogP contribution in [0.25, 0.3) is 11.1 Å². The van der Waals surface area contributed by atoms with Crippen molar-refractivity contribution in [2.75, 3.05) is 17.2 Å². The number of aryl methyl sites for hydroxylation is 1. The third-order valence-corrected chi connectivity index (χ3v) is 5.23. The van der Waals surface area contributed by atoms with Crippen LogP contribution in [0.5, 0.6) is 0 Å². The smallest absolute Gasteiger partial charge is 0.192 e. The third-order valence-electron chi connectivity index (χ3n) is 5.23. The molecule has 4 rings (SSSR count). The summed E-state index contributed by atoms with van der Waals surface area (Å²) in [5.74, 6) is 1.20. The molecule has 0 atom stereocenters. The second-order valence-electron chi connectivity index (χ2n) is 6.41. The lowest BCUT2D eigenvalue weighted by atomic mass is 9.81. The molecule has 0 aliphatic carbocycles. The van der Waals surface area contributed by atoms with Crippen molar-refractivity contribution in [1.82, 2.24) is 15.0 Å². The topological polar surface area (TPSA) is 81.1 Å². The molecule has 2 aromatic heterocycles. The van der Waals surface area contributed by atoms with Gasteiger partial charge in [0.05, 0.1) is 5.69 Å². The van der Waals surface area contributed by atoms with Crippen molar-refractivity contribution in [2.45, 2.75) is 39.0 Å². The van der Waals surface area contributed by atoms with E-state index in [1.807, 2.05) is 25.1 Å². The number of nitrogens with two attached hydrogens (primary N) is 1. The molecule has 1 aliphatic rings. The lowest BCUT2D eigenvalue weighted by Gasteiger charge is -2.27. The summed E-state index contributed by atoms with van der Waals surface area (Å²) < 4.78 is 5.58. The van der Waals surface area contributed by atoms with Gasteiger partial charge in [0.15, 0.2) is 17.3 Å². The molecule has 0 unspecified atom stereocenters. The Morgan fingerprint density at radius 3 is 2.79 bits per heavy atom. The number of nitrogen functional groups attached to an aromatic ring is 1. The van der Waals surface area contributed by atoms with Crippen LogP contribution in [0.3, 0.4) is 0 Å². The van der Waals surface area contributed by atoms with E-state index in [9.17, 15) is 0 Å². The van der Waals surface area contributed by atoms with Crippen molar-refractivity contribution in [1.29, 1.82) is 0 Å². The van der Waals surface area contributed by atoms with Crippen LogP contribution in [0.1, 0.15) is 38.3 Å². The first-order valence-corrected chi connectivity index (χ1v) is 8.33. The molecule has 0 radical (unpaired) electrons. The van der Waals surface area contributed by atoms with Gasteiger partial charge >= 0.3 is 0 Å². The van der Waals surface area contributed by atoms with Crippen LogP contribution in [-0.2, 0) is 5.41 Å². The monoisotopic (exact) mass is 323 g/mol. The standard InChI is InChI=1S/C18H21N5O/c1-4-18(5-2)9-23(15-16(18)20-10-21-17(15)19)12-6-7-14-13(8-12)22-11(3)24-14/h6-8,10H,4-5,9H2,1-3H3,(H2,19,20,21). The van der Waals surface area contributed by atoms with Crippen LogP contribution >= 0.6 is 0 Å². The van der Waals surface area contributed by atoms with Gasteiger partial charge in [-0.1, -0.05) is 13.8 Å². The summed E-state index contributed by atoms with van der Waals surface area (Å²) in [6, 6.07) is 6.05. The fourth-order valence-corrected chi connectivity index (χ4v) is 3.73. The molecule has 124 valence electrons. The molecular weight excluding hydrogens is 302 g/mol. The fraction of sp³-hybridized carbons (Fsp3) is 0.389. The van der Waals surface area contributed by atoms with E-state index < -0.39 is 0 Å². The lowest BCUT2D eigenvalue weighted by molar-refractivity contribution is 0.417. The molecule has 0 bridgehead atoms. The molecule has 2 N–H and O–H groups in total. The Labute approximate surface area is 140 Å². The van der Waals surface area contributed by atoms with Gasteiger partial charge in [0.25, 0.3) is 0 Å². The number of benzene rings is 1. The summed E-state index contributed by atoms with van der Waals surface area (Å²) in [6.07, 6.45) is 3.59. The van der Waals surface area contributed by atoms with E-state index in [0.29, 0.717) is 11.7 Å². The lowest BCUT2D eigenvalue weighted by Crippen LogP contribution is -2.30. The number of nitrogens with zero attached hydrogens (tertiary/aromatic N) is 4. The van der Waals surface area contributed by atoms with E-state index in [1.54, 1.807) is 6.33 Å². The number of fused-ring (bicyclic) bond motifs is 2. The first-order valence-electron chi connectivity index (χ1n) is 8.33. The number of oxazole rings is 1. The fourth-order valence-electron chi connectivity index (χ4n) is 3.73. The molecule has 3 heterocycles. The van der Waals surface area contributed by atoms with Crippen molar-refractivity contribution in [3.8, 4) is 0 Å². The molecule has 1 aromatic carbocycles. The van der Waals surface area contributed by atoms with Gasteiger partial charge in [0.1, 0.15) is 17.5 Å². The van der Waals surface area contributed by atoms with Crippen LogP contribution in [0, 0.1) is 6.92 Å². The highest BCUT2D eigenvalue weighted by Crippen LogP contribution is 2.49. The molecule has 6 heteroatoms. The predicted molar refractivity (Wildman–Crippen MR) is 94.5 cm³/mol. The maximum Gasteiger partial charge on any atom is 0.192 e. The average Bonchev–Trinajstić information content (AvgIpc) is 3.12. The van der Waals surface area contributed by atoms with Gasteiger partial charge in [-0.05, 0) is 31.0 Å². The van der Waals surface area contributed by atoms with Gasteiger partial charge in [-0.3, -0.25) is 0 Å². The normalized spacial score (nSPS) is 15.9. The summed E-state index contributed by atoms with van der Waals surface area (Å²) in [7, 11) is 0. The van der Waals surface area contributed by atoms with Crippen LogP contribution in [0.4, 0.5) is 17.2 Å². The molecule has 0 saturated carbocycles. The summed E-state index contributed by atoms with van der Waals surface area (Å²) in [5.41, 5.74) is 10.9. The molecule has 6 nitrogen and oxygen atoms in total. The van der Waals surface area contributed by atoms with Crippen molar-refractivity contribution in [2.24, 2.45) is 0 Å². The van der Waals surface area contributed by atoms with Crippen LogP contribution in [0.15, 0.2) is 28.9 Å². The largest absolute Gasteiger partial charge is 0.441 e. The summed E-state index contributed by atoms with van der Waals surface area (Å²) in [5, 5.41) is 0. The minimum Gasteiger partial charge on any atom is -0.441 e. The van der Waals surface area contributed by atoms with E-state index in [4.69, 9.17) is 10.2 Å². The second kappa shape index (κ2) is 5.19. The Balaban J connectivity index is 1.89. The molecule has 0 saturated heterocycles. The van der Waals surface area contributed by atoms with Crippen molar-refractivity contribution >= 4 is 28.3 Å².